The van der Waals surface area contributed by atoms with Crippen molar-refractivity contribution in [3.8, 4) is 91.2 Å². The molecule has 0 amide bonds. The Morgan fingerprint density at radius 2 is 0.657 bits per heavy atom. The average molecular weight is 1420 g/mol. The molecular weight excluding hydrogens is 1350 g/mol. The van der Waals surface area contributed by atoms with Gasteiger partial charge in [-0.3, -0.25) is 53.6 Å². The third kappa shape index (κ3) is 16.5. The van der Waals surface area contributed by atoms with Crippen molar-refractivity contribution in [2.45, 2.75) is 40.0 Å². The summed E-state index contributed by atoms with van der Waals surface area (Å²) in [6.45, 7) is 5.24. The lowest BCUT2D eigenvalue weighted by Crippen LogP contribution is -2.06. The van der Waals surface area contributed by atoms with Gasteiger partial charge in [0.1, 0.15) is 57.4 Å². The van der Waals surface area contributed by atoms with Gasteiger partial charge in [0, 0.05) is 65.6 Å². The van der Waals surface area contributed by atoms with Crippen molar-refractivity contribution in [3.05, 3.63) is 353 Å². The van der Waals surface area contributed by atoms with Gasteiger partial charge in [-0.25, -0.2) is 17.6 Å². The van der Waals surface area contributed by atoms with E-state index in [1.165, 1.54) is 24.3 Å². The van der Waals surface area contributed by atoms with Crippen molar-refractivity contribution >= 4 is 15.9 Å². The number of halogens is 5. The highest BCUT2D eigenvalue weighted by Crippen LogP contribution is 2.36. The van der Waals surface area contributed by atoms with E-state index in [1.807, 2.05) is 196 Å². The average Bonchev–Trinajstić information content (AvgIpc) is 1.65. The van der Waals surface area contributed by atoms with Crippen molar-refractivity contribution in [1.29, 1.82) is 0 Å². The Labute approximate surface area is 593 Å². The summed E-state index contributed by atoms with van der Waals surface area (Å²) in [4.78, 5) is 30.9. The summed E-state index contributed by atoms with van der Waals surface area (Å²) in [5.41, 5.74) is 16.0. The Balaban J connectivity index is 0.000000121. The monoisotopic (exact) mass is 1420 g/mol. The summed E-state index contributed by atoms with van der Waals surface area (Å²) in [6.07, 6.45) is 13.9. The Hall–Kier alpha value is -12.8. The van der Waals surface area contributed by atoms with Gasteiger partial charge >= 0.3 is 0 Å². The number of rotatable bonds is 16. The second-order valence-electron chi connectivity index (χ2n) is 23.2. The molecule has 12 heterocycles. The van der Waals surface area contributed by atoms with Gasteiger partial charge in [0.2, 0.25) is 0 Å². The Kier molecular flexibility index (Phi) is 21.5. The van der Waals surface area contributed by atoms with Crippen molar-refractivity contribution in [3.63, 3.8) is 0 Å². The van der Waals surface area contributed by atoms with E-state index in [0.29, 0.717) is 59.9 Å². The number of aromatic nitrogens is 15. The molecule has 0 unspecified atom stereocenters. The highest BCUT2D eigenvalue weighted by atomic mass is 79.9. The molecule has 502 valence electrons. The predicted octanol–water partition coefficient (Wildman–Crippen LogP) is 18.4. The minimum Gasteiger partial charge on any atom is -0.463 e. The topological polar surface area (TPSA) is 175 Å². The summed E-state index contributed by atoms with van der Waals surface area (Å²) >= 11 is 3.65. The van der Waals surface area contributed by atoms with Crippen LogP contribution in [0.3, 0.4) is 0 Å². The lowest BCUT2D eigenvalue weighted by molar-refractivity contribution is 0.560. The normalized spacial score (nSPS) is 10.9. The maximum Gasteiger partial charge on any atom is 0.151 e. The fourth-order valence-electron chi connectivity index (χ4n) is 10.9. The van der Waals surface area contributed by atoms with Crippen LogP contribution in [-0.2, 0) is 26.2 Å². The summed E-state index contributed by atoms with van der Waals surface area (Å²) in [6, 6.07) is 72.6. The van der Waals surface area contributed by atoms with E-state index >= 15 is 0 Å². The lowest BCUT2D eigenvalue weighted by Gasteiger charge is -2.08. The number of benzene rings is 4. The maximum absolute atomic E-state index is 14.2. The summed E-state index contributed by atoms with van der Waals surface area (Å²) in [5, 5.41) is 18.6. The summed E-state index contributed by atoms with van der Waals surface area (Å²) in [5.74, 6) is -0.320. The van der Waals surface area contributed by atoms with Gasteiger partial charge in [-0.2, -0.15) is 20.4 Å². The van der Waals surface area contributed by atoms with Gasteiger partial charge in [-0.15, -0.1) is 0 Å². The minimum atomic E-state index is -0.259. The zero-order valence-electron chi connectivity index (χ0n) is 55.0. The number of furan rings is 1. The van der Waals surface area contributed by atoms with E-state index in [9.17, 15) is 17.6 Å². The molecule has 0 radical (unpaired) electrons. The first-order valence-corrected chi connectivity index (χ1v) is 33.2. The molecule has 0 saturated heterocycles. The number of hydrogen-bond acceptors (Lipinski definition) is 12. The van der Waals surface area contributed by atoms with E-state index in [0.717, 1.165) is 95.3 Å². The van der Waals surface area contributed by atoms with Crippen molar-refractivity contribution in [2.75, 3.05) is 0 Å². The fraction of sp³-hybridized carbons (Fsp3) is 0.0741. The van der Waals surface area contributed by atoms with Crippen LogP contribution >= 0.6 is 15.9 Å². The zero-order valence-corrected chi connectivity index (χ0v) is 56.6. The van der Waals surface area contributed by atoms with Gasteiger partial charge in [-0.05, 0) is 168 Å². The van der Waals surface area contributed by atoms with Crippen LogP contribution in [0.1, 0.15) is 33.4 Å². The van der Waals surface area contributed by atoms with E-state index in [-0.39, 0.29) is 23.3 Å². The molecule has 0 N–H and O–H groups in total. The van der Waals surface area contributed by atoms with Crippen molar-refractivity contribution in [1.82, 2.24) is 74.0 Å². The first-order valence-electron chi connectivity index (χ1n) is 32.4. The molecule has 0 atom stereocenters. The van der Waals surface area contributed by atoms with Gasteiger partial charge < -0.3 is 4.42 Å². The Bertz CT molecular complexity index is 5370. The van der Waals surface area contributed by atoms with Crippen LogP contribution in [0.25, 0.3) is 91.2 Å². The maximum atomic E-state index is 14.2. The van der Waals surface area contributed by atoms with E-state index in [2.05, 4.69) is 66.1 Å². The first-order chi connectivity index (χ1) is 50.0. The van der Waals surface area contributed by atoms with Crippen molar-refractivity contribution < 1.29 is 22.0 Å². The SMILES string of the molecule is Cc1ccc(-c2cc(-c3ccccn3)n(Cc3ccccc3F)n2)nc1.Cc1ccc(-c2cc(-c3ccccn3)nn2Cc2ccccc2F)nc1.Fc1ccccc1Cn1nc(-c2ccccn2)c(Br)c1-c1ccccn1.Fc1ccccc1Cn1nc(-c2ccccn2)cc1-c1ccco1. The molecule has 16 aromatic rings. The molecule has 12 aromatic heterocycles. The van der Waals surface area contributed by atoms with E-state index in [4.69, 9.17) is 9.52 Å². The van der Waals surface area contributed by atoms with E-state index < -0.39 is 0 Å². The predicted molar refractivity (Wildman–Crippen MR) is 388 cm³/mol. The standard InChI is InChI=1S/2C21H17FN4.C20H14BrFN4.C19H14FN3O/c1-15-9-10-18(24-13-15)20-12-21(19-8-4-5-11-23-19)26(25-20)14-16-6-2-3-7-17(16)22;1-15-9-10-19(24-13-15)21-12-20(18-8-4-5-11-23-18)25-26(21)14-16-6-2-3-7-17(16)22;21-18-19(16-9-3-5-11-23-16)25-26(13-14-7-1-2-8-15(14)22)20(18)17-10-4-6-12-24-17;20-15-7-2-1-6-14(15)13-23-18(19-9-5-11-24-19)12-17(22-23)16-8-3-4-10-21-16/h2*2-13H,14H2,1H3;1-12H,13H2;1-12H,13H2. The quantitative estimate of drug-likeness (QED) is 0.0839. The third-order valence-corrected chi connectivity index (χ3v) is 16.8. The Morgan fingerprint density at radius 1 is 0.314 bits per heavy atom. The van der Waals surface area contributed by atoms with Crippen LogP contribution in [0, 0.1) is 37.1 Å². The molecule has 21 heteroatoms. The number of pyridine rings is 7. The summed E-state index contributed by atoms with van der Waals surface area (Å²) in [7, 11) is 0. The molecular formula is C81H62BrF4N15O. The fourth-order valence-corrected chi connectivity index (χ4v) is 11.6. The minimum absolute atomic E-state index is 0.245. The number of aryl methyl sites for hydroxylation is 2. The molecule has 0 bridgehead atoms. The Morgan fingerprint density at radius 3 is 1.04 bits per heavy atom. The zero-order chi connectivity index (χ0) is 70.2. The lowest BCUT2D eigenvalue weighted by atomic mass is 10.2. The summed E-state index contributed by atoms with van der Waals surface area (Å²) < 4.78 is 69.7. The van der Waals surface area contributed by atoms with Gasteiger partial charge in [0.25, 0.3) is 0 Å². The number of nitrogens with zero attached hydrogens (tertiary/aromatic N) is 15. The largest absolute Gasteiger partial charge is 0.463 e. The molecule has 16 rings (SSSR count). The first kappa shape index (κ1) is 67.8. The van der Waals surface area contributed by atoms with Gasteiger partial charge in [-0.1, -0.05) is 115 Å². The molecule has 0 fully saturated rings. The smallest absolute Gasteiger partial charge is 0.151 e. The second kappa shape index (κ2) is 32.3. The highest BCUT2D eigenvalue weighted by Gasteiger charge is 2.23. The highest BCUT2D eigenvalue weighted by molar-refractivity contribution is 9.10. The van der Waals surface area contributed by atoms with Gasteiger partial charge in [0.05, 0.1) is 88.2 Å². The molecule has 0 spiro atoms. The molecule has 4 aromatic carbocycles. The molecule has 0 aliphatic rings. The van der Waals surface area contributed by atoms with Crippen LogP contribution in [-0.4, -0.2) is 74.0 Å². The third-order valence-electron chi connectivity index (χ3n) is 16.1. The number of hydrogen-bond donors (Lipinski definition) is 0. The second-order valence-corrected chi connectivity index (χ2v) is 24.0. The molecule has 0 saturated carbocycles. The molecule has 102 heavy (non-hydrogen) atoms. The van der Waals surface area contributed by atoms with Crippen LogP contribution in [0.5, 0.6) is 0 Å². The van der Waals surface area contributed by atoms with Crippen molar-refractivity contribution in [2.24, 2.45) is 0 Å². The van der Waals surface area contributed by atoms with Gasteiger partial charge in [0.15, 0.2) is 5.76 Å². The molecule has 0 aliphatic carbocycles. The van der Waals surface area contributed by atoms with Crippen LogP contribution in [0.2, 0.25) is 0 Å². The molecule has 0 aliphatic heterocycles. The molecule has 16 nitrogen and oxygen atoms in total. The van der Waals surface area contributed by atoms with Crippen LogP contribution in [0.4, 0.5) is 17.6 Å². The van der Waals surface area contributed by atoms with Crippen LogP contribution in [0.15, 0.2) is 301 Å². The van der Waals surface area contributed by atoms with E-state index in [1.54, 1.807) is 105 Å². The van der Waals surface area contributed by atoms with Crippen LogP contribution < -0.4 is 0 Å².